The lowest BCUT2D eigenvalue weighted by Gasteiger charge is -2.21. The number of esters is 2. The van der Waals surface area contributed by atoms with Crippen molar-refractivity contribution in [3.05, 3.63) is 47.8 Å². The Kier molecular flexibility index (Phi) is 8.85. The number of nitrogens with zero attached hydrogens (tertiary/aromatic N) is 2. The standard InChI is InChI=1S/C21H22N2O5/c1-6-17(14-22)13-18-7-8-19(28-18)23(9-11-26-20(24)15(2)3)10-12-27-21(25)16(4)5/h1,7-8,13H,2,4,9-12H2,3,5H3/b17-13-. The van der Waals surface area contributed by atoms with Gasteiger partial charge in [-0.1, -0.05) is 19.1 Å². The summed E-state index contributed by atoms with van der Waals surface area (Å²) in [6.07, 6.45) is 6.66. The van der Waals surface area contributed by atoms with E-state index < -0.39 is 11.9 Å². The van der Waals surface area contributed by atoms with E-state index in [0.717, 1.165) is 0 Å². The van der Waals surface area contributed by atoms with Gasteiger partial charge in [0, 0.05) is 23.3 Å². The smallest absolute Gasteiger partial charge is 0.333 e. The molecule has 0 aliphatic rings. The van der Waals surface area contributed by atoms with E-state index in [-0.39, 0.29) is 18.8 Å². The summed E-state index contributed by atoms with van der Waals surface area (Å²) in [7, 11) is 0. The average molecular weight is 382 g/mol. The molecule has 0 radical (unpaired) electrons. The largest absolute Gasteiger partial charge is 0.460 e. The number of nitriles is 1. The molecule has 0 N–H and O–H groups in total. The first-order chi connectivity index (χ1) is 13.3. The Morgan fingerprint density at radius 1 is 1.18 bits per heavy atom. The predicted molar refractivity (Wildman–Crippen MR) is 105 cm³/mol. The summed E-state index contributed by atoms with van der Waals surface area (Å²) in [4.78, 5) is 24.8. The van der Waals surface area contributed by atoms with E-state index in [9.17, 15) is 9.59 Å². The zero-order valence-electron chi connectivity index (χ0n) is 16.0. The summed E-state index contributed by atoms with van der Waals surface area (Å²) in [6.45, 7) is 10.9. The van der Waals surface area contributed by atoms with E-state index in [1.807, 2.05) is 6.07 Å². The Hall–Kier alpha value is -3.71. The van der Waals surface area contributed by atoms with E-state index in [0.29, 0.717) is 35.9 Å². The molecule has 0 unspecified atom stereocenters. The lowest BCUT2D eigenvalue weighted by molar-refractivity contribution is -0.139. The van der Waals surface area contributed by atoms with Crippen molar-refractivity contribution in [2.75, 3.05) is 31.2 Å². The van der Waals surface area contributed by atoms with Gasteiger partial charge in [-0.15, -0.1) is 6.42 Å². The summed E-state index contributed by atoms with van der Waals surface area (Å²) in [6, 6.07) is 5.20. The molecule has 7 heteroatoms. The van der Waals surface area contributed by atoms with Crippen LogP contribution in [0.1, 0.15) is 19.6 Å². The van der Waals surface area contributed by atoms with E-state index in [4.69, 9.17) is 25.6 Å². The number of rotatable bonds is 10. The van der Waals surface area contributed by atoms with E-state index in [1.54, 1.807) is 30.9 Å². The lowest BCUT2D eigenvalue weighted by atomic mass is 10.2. The van der Waals surface area contributed by atoms with Gasteiger partial charge in [0.1, 0.15) is 30.6 Å². The fourth-order valence-corrected chi connectivity index (χ4v) is 1.91. The second kappa shape index (κ2) is 11.1. The highest BCUT2D eigenvalue weighted by Crippen LogP contribution is 2.20. The first-order valence-electron chi connectivity index (χ1n) is 8.37. The first kappa shape index (κ1) is 22.3. The Labute approximate surface area is 164 Å². The third kappa shape index (κ3) is 7.27. The first-order valence-corrected chi connectivity index (χ1v) is 8.37. The number of anilines is 1. The molecule has 0 fully saturated rings. The van der Waals surface area contributed by atoms with Crippen LogP contribution in [0.15, 0.2) is 46.4 Å². The molecule has 1 heterocycles. The van der Waals surface area contributed by atoms with Crippen LogP contribution < -0.4 is 4.90 Å². The number of terminal acetylenes is 1. The molecule has 7 nitrogen and oxygen atoms in total. The third-order valence-corrected chi connectivity index (χ3v) is 3.37. The molecule has 1 aromatic rings. The number of allylic oxidation sites excluding steroid dienone is 1. The van der Waals surface area contributed by atoms with E-state index in [1.165, 1.54) is 6.08 Å². The Morgan fingerprint density at radius 2 is 1.71 bits per heavy atom. The van der Waals surface area contributed by atoms with E-state index >= 15 is 0 Å². The fourth-order valence-electron chi connectivity index (χ4n) is 1.91. The maximum atomic E-state index is 11.5. The Bertz CT molecular complexity index is 816. The fraction of sp³-hybridized carbons (Fsp3) is 0.286. The molecule has 28 heavy (non-hydrogen) atoms. The maximum absolute atomic E-state index is 11.5. The molecule has 146 valence electrons. The third-order valence-electron chi connectivity index (χ3n) is 3.37. The molecule has 0 aliphatic heterocycles. The molecule has 0 amide bonds. The van der Waals surface area contributed by atoms with Gasteiger partial charge in [-0.2, -0.15) is 5.26 Å². The molecule has 1 rings (SSSR count). The number of carbonyl (C=O) groups is 2. The van der Waals surface area contributed by atoms with Crippen LogP contribution in [0.3, 0.4) is 0 Å². The van der Waals surface area contributed by atoms with Gasteiger partial charge in [0.15, 0.2) is 5.88 Å². The van der Waals surface area contributed by atoms with Crippen LogP contribution in [0.5, 0.6) is 0 Å². The van der Waals surface area contributed by atoms with Gasteiger partial charge in [0.25, 0.3) is 0 Å². The van der Waals surface area contributed by atoms with Crippen LogP contribution in [0.2, 0.25) is 0 Å². The van der Waals surface area contributed by atoms with Crippen molar-refractivity contribution in [1.29, 1.82) is 5.26 Å². The van der Waals surface area contributed by atoms with Crippen molar-refractivity contribution in [2.24, 2.45) is 0 Å². The molecule has 0 saturated heterocycles. The normalized spacial score (nSPS) is 10.4. The number of hydrogen-bond acceptors (Lipinski definition) is 7. The zero-order valence-corrected chi connectivity index (χ0v) is 16.0. The van der Waals surface area contributed by atoms with Gasteiger partial charge in [0.2, 0.25) is 0 Å². The van der Waals surface area contributed by atoms with Crippen LogP contribution in [0.4, 0.5) is 5.88 Å². The van der Waals surface area contributed by atoms with E-state index in [2.05, 4.69) is 19.1 Å². The van der Waals surface area contributed by atoms with Crippen LogP contribution in [-0.2, 0) is 19.1 Å². The number of ether oxygens (including phenoxy) is 2. The SMILES string of the molecule is C#C/C(C#N)=C/c1ccc(N(CCOC(=O)C(=C)C)CCOC(=O)C(=C)C)o1. The number of carbonyl (C=O) groups excluding carboxylic acids is 2. The van der Waals surface area contributed by atoms with Crippen molar-refractivity contribution in [3.8, 4) is 18.4 Å². The van der Waals surface area contributed by atoms with Crippen molar-refractivity contribution in [3.63, 3.8) is 0 Å². The minimum atomic E-state index is -0.496. The summed E-state index contributed by atoms with van der Waals surface area (Å²) in [5.41, 5.74) is 0.717. The molecule has 0 saturated carbocycles. The second-order valence-electron chi connectivity index (χ2n) is 5.81. The molecule has 0 atom stereocenters. The van der Waals surface area contributed by atoms with Gasteiger partial charge in [-0.3, -0.25) is 0 Å². The quantitative estimate of drug-likeness (QED) is 0.266. The monoisotopic (exact) mass is 382 g/mol. The minimum absolute atomic E-state index is 0.0831. The molecule has 0 bridgehead atoms. The summed E-state index contributed by atoms with van der Waals surface area (Å²) < 4.78 is 15.9. The molecule has 0 aliphatic carbocycles. The van der Waals surface area contributed by atoms with Crippen molar-refractivity contribution >= 4 is 23.9 Å². The van der Waals surface area contributed by atoms with Crippen LogP contribution in [0, 0.1) is 23.7 Å². The maximum Gasteiger partial charge on any atom is 0.333 e. The number of furan rings is 1. The summed E-state index contributed by atoms with van der Waals surface area (Å²) in [5, 5.41) is 8.91. The van der Waals surface area contributed by atoms with Gasteiger partial charge in [-0.25, -0.2) is 9.59 Å². The highest BCUT2D eigenvalue weighted by atomic mass is 16.5. The molecular formula is C21H22N2O5. The lowest BCUT2D eigenvalue weighted by Crippen LogP contribution is -2.32. The van der Waals surface area contributed by atoms with Crippen molar-refractivity contribution < 1.29 is 23.5 Å². The van der Waals surface area contributed by atoms with Gasteiger partial charge in [0.05, 0.1) is 13.1 Å². The van der Waals surface area contributed by atoms with Gasteiger partial charge >= 0.3 is 11.9 Å². The highest BCUT2D eigenvalue weighted by Gasteiger charge is 2.14. The van der Waals surface area contributed by atoms with Crippen molar-refractivity contribution in [1.82, 2.24) is 0 Å². The van der Waals surface area contributed by atoms with Crippen LogP contribution in [-0.4, -0.2) is 38.2 Å². The van der Waals surface area contributed by atoms with Crippen LogP contribution >= 0.6 is 0 Å². The highest BCUT2D eigenvalue weighted by molar-refractivity contribution is 5.87. The van der Waals surface area contributed by atoms with Gasteiger partial charge < -0.3 is 18.8 Å². The molecule has 0 aromatic carbocycles. The Balaban J connectivity index is 2.85. The molecular weight excluding hydrogens is 360 g/mol. The second-order valence-corrected chi connectivity index (χ2v) is 5.81. The summed E-state index contributed by atoms with van der Waals surface area (Å²) in [5.74, 6) is 2.10. The average Bonchev–Trinajstić information content (AvgIpc) is 3.12. The predicted octanol–water partition coefficient (Wildman–Crippen LogP) is 2.86. The Morgan fingerprint density at radius 3 is 2.14 bits per heavy atom. The molecule has 1 aromatic heterocycles. The summed E-state index contributed by atoms with van der Waals surface area (Å²) >= 11 is 0. The molecule has 0 spiro atoms. The van der Waals surface area contributed by atoms with Crippen LogP contribution in [0.25, 0.3) is 6.08 Å². The van der Waals surface area contributed by atoms with Gasteiger partial charge in [-0.05, 0) is 19.9 Å². The van der Waals surface area contributed by atoms with Crippen molar-refractivity contribution in [2.45, 2.75) is 13.8 Å². The zero-order chi connectivity index (χ0) is 21.1. The minimum Gasteiger partial charge on any atom is -0.460 e. The topological polar surface area (TPSA) is 92.8 Å². The number of hydrogen-bond donors (Lipinski definition) is 0.